The van der Waals surface area contributed by atoms with Crippen LogP contribution >= 0.6 is 0 Å². The van der Waals surface area contributed by atoms with E-state index in [2.05, 4.69) is 41.5 Å². The van der Waals surface area contributed by atoms with Crippen LogP contribution in [0, 0.1) is 33.5 Å². The highest BCUT2D eigenvalue weighted by atomic mass is 16.1. The second-order valence-electron chi connectivity index (χ2n) is 10.5. The molecule has 5 saturated carbocycles. The van der Waals surface area contributed by atoms with Gasteiger partial charge in [-0.3, -0.25) is 9.59 Å². The van der Waals surface area contributed by atoms with Crippen LogP contribution in [0.4, 0.5) is 0 Å². The van der Waals surface area contributed by atoms with E-state index in [-0.39, 0.29) is 16.2 Å². The van der Waals surface area contributed by atoms with Crippen molar-refractivity contribution in [2.75, 3.05) is 0 Å². The van der Waals surface area contributed by atoms with Crippen LogP contribution < -0.4 is 0 Å². The van der Waals surface area contributed by atoms with E-state index in [9.17, 15) is 9.59 Å². The van der Waals surface area contributed by atoms with E-state index in [0.717, 1.165) is 32.1 Å². The molecule has 0 aromatic heterocycles. The fraction of sp³-hybridized carbons (Fsp3) is 0.905. The van der Waals surface area contributed by atoms with E-state index < -0.39 is 0 Å². The fourth-order valence-electron chi connectivity index (χ4n) is 6.11. The molecule has 4 unspecified atom stereocenters. The van der Waals surface area contributed by atoms with Crippen molar-refractivity contribution in [3.05, 3.63) is 0 Å². The van der Waals surface area contributed by atoms with Crippen molar-refractivity contribution < 1.29 is 9.59 Å². The lowest BCUT2D eigenvalue weighted by Gasteiger charge is -2.52. The Kier molecular flexibility index (Phi) is 3.68. The molecule has 0 radical (unpaired) electrons. The summed E-state index contributed by atoms with van der Waals surface area (Å²) in [7, 11) is 0. The van der Waals surface area contributed by atoms with Crippen LogP contribution in [0.2, 0.25) is 0 Å². The summed E-state index contributed by atoms with van der Waals surface area (Å²) in [6.45, 7) is 13.5. The first kappa shape index (κ1) is 17.2. The third-order valence-corrected chi connectivity index (χ3v) is 8.58. The Balaban J connectivity index is 0.000000136. The van der Waals surface area contributed by atoms with Crippen LogP contribution in [0.15, 0.2) is 0 Å². The minimum absolute atomic E-state index is 0.0255. The molecule has 0 N–H and O–H groups in total. The Morgan fingerprint density at radius 3 is 1.61 bits per heavy atom. The summed E-state index contributed by atoms with van der Waals surface area (Å²) in [5.74, 6) is 2.39. The zero-order chi connectivity index (χ0) is 17.3. The Bertz CT molecular complexity index is 544. The monoisotopic (exact) mass is 318 g/mol. The van der Waals surface area contributed by atoms with Crippen molar-refractivity contribution in [1.82, 2.24) is 0 Å². The Morgan fingerprint density at radius 1 is 0.783 bits per heavy atom. The minimum atomic E-state index is 0.0255. The normalized spacial score (nSPS) is 45.8. The topological polar surface area (TPSA) is 34.1 Å². The van der Waals surface area contributed by atoms with Gasteiger partial charge >= 0.3 is 0 Å². The molecule has 0 spiro atoms. The SMILES string of the molecule is CC12CCC(CC1=O)C(C)(C)C2.CC12CCC(CC1=O)C2(C)C. The van der Waals surface area contributed by atoms with E-state index in [1.165, 1.54) is 12.8 Å². The van der Waals surface area contributed by atoms with Gasteiger partial charge in [0.1, 0.15) is 11.6 Å². The maximum absolute atomic E-state index is 11.7. The van der Waals surface area contributed by atoms with Crippen molar-refractivity contribution in [3.63, 3.8) is 0 Å². The molecular weight excluding hydrogens is 284 g/mol. The Labute approximate surface area is 141 Å². The van der Waals surface area contributed by atoms with Gasteiger partial charge in [-0.2, -0.15) is 0 Å². The molecule has 0 aromatic carbocycles. The molecule has 23 heavy (non-hydrogen) atoms. The van der Waals surface area contributed by atoms with Gasteiger partial charge in [-0.1, -0.05) is 41.5 Å². The number of hydrogen-bond donors (Lipinski definition) is 0. The van der Waals surface area contributed by atoms with Crippen molar-refractivity contribution in [3.8, 4) is 0 Å². The summed E-state index contributed by atoms with van der Waals surface area (Å²) in [6, 6.07) is 0. The van der Waals surface area contributed by atoms with Crippen LogP contribution in [-0.4, -0.2) is 11.6 Å². The quantitative estimate of drug-likeness (QED) is 0.615. The summed E-state index contributed by atoms with van der Waals surface area (Å²) in [5.41, 5.74) is 0.765. The van der Waals surface area contributed by atoms with E-state index >= 15 is 0 Å². The van der Waals surface area contributed by atoms with Crippen LogP contribution in [0.25, 0.3) is 0 Å². The summed E-state index contributed by atoms with van der Waals surface area (Å²) in [6.07, 6.45) is 7.63. The molecule has 130 valence electrons. The molecule has 4 atom stereocenters. The van der Waals surface area contributed by atoms with Crippen molar-refractivity contribution in [2.24, 2.45) is 33.5 Å². The zero-order valence-corrected chi connectivity index (χ0v) is 15.9. The predicted octanol–water partition coefficient (Wildman–Crippen LogP) is 5.19. The number of fused-ring (bicyclic) bond motifs is 5. The average Bonchev–Trinajstić information content (AvgIpc) is 2.74. The first-order valence-corrected chi connectivity index (χ1v) is 9.49. The molecule has 5 fully saturated rings. The maximum atomic E-state index is 11.7. The number of carbonyl (C=O) groups excluding carboxylic acids is 2. The van der Waals surface area contributed by atoms with Gasteiger partial charge in [-0.15, -0.1) is 0 Å². The number of Topliss-reactive ketones (excluding diaryl/α,β-unsaturated/α-hetero) is 2. The van der Waals surface area contributed by atoms with Crippen LogP contribution in [0.5, 0.6) is 0 Å². The molecule has 0 aromatic rings. The van der Waals surface area contributed by atoms with Crippen molar-refractivity contribution in [2.45, 2.75) is 86.5 Å². The molecule has 0 heterocycles. The van der Waals surface area contributed by atoms with Crippen LogP contribution in [0.3, 0.4) is 0 Å². The highest BCUT2D eigenvalue weighted by molar-refractivity contribution is 5.89. The molecule has 2 nitrogen and oxygen atoms in total. The minimum Gasteiger partial charge on any atom is -0.299 e. The highest BCUT2D eigenvalue weighted by Crippen LogP contribution is 2.63. The molecule has 5 rings (SSSR count). The third kappa shape index (κ3) is 2.35. The molecular formula is C21H34O2. The summed E-state index contributed by atoms with van der Waals surface area (Å²) >= 11 is 0. The van der Waals surface area contributed by atoms with Gasteiger partial charge in [0.15, 0.2) is 0 Å². The lowest BCUT2D eigenvalue weighted by atomic mass is 9.51. The molecule has 2 heteroatoms. The maximum Gasteiger partial charge on any atom is 0.139 e. The van der Waals surface area contributed by atoms with Gasteiger partial charge in [-0.25, -0.2) is 0 Å². The lowest BCUT2D eigenvalue weighted by molar-refractivity contribution is -0.145. The van der Waals surface area contributed by atoms with Gasteiger partial charge in [-0.05, 0) is 54.8 Å². The number of hydrogen-bond acceptors (Lipinski definition) is 2. The molecule has 0 saturated heterocycles. The molecule has 5 aliphatic rings. The van der Waals surface area contributed by atoms with Gasteiger partial charge in [0, 0.05) is 23.7 Å². The molecule has 4 bridgehead atoms. The average molecular weight is 319 g/mol. The third-order valence-electron chi connectivity index (χ3n) is 8.58. The second-order valence-corrected chi connectivity index (χ2v) is 10.5. The number of ketones is 2. The first-order chi connectivity index (χ1) is 10.4. The summed E-state index contributed by atoms with van der Waals surface area (Å²) < 4.78 is 0. The number of rotatable bonds is 0. The molecule has 5 aliphatic carbocycles. The van der Waals surface area contributed by atoms with Crippen LogP contribution in [-0.2, 0) is 9.59 Å². The van der Waals surface area contributed by atoms with Crippen molar-refractivity contribution >= 4 is 11.6 Å². The summed E-state index contributed by atoms with van der Waals surface area (Å²) in [5, 5.41) is 0. The van der Waals surface area contributed by atoms with E-state index in [0.29, 0.717) is 28.8 Å². The largest absolute Gasteiger partial charge is 0.299 e. The predicted molar refractivity (Wildman–Crippen MR) is 93.1 cm³/mol. The number of carbonyl (C=O) groups is 2. The molecule has 0 aliphatic heterocycles. The van der Waals surface area contributed by atoms with E-state index in [1.54, 1.807) is 0 Å². The van der Waals surface area contributed by atoms with E-state index in [1.807, 2.05) is 0 Å². The molecule has 0 amide bonds. The Morgan fingerprint density at radius 2 is 1.35 bits per heavy atom. The smallest absolute Gasteiger partial charge is 0.139 e. The summed E-state index contributed by atoms with van der Waals surface area (Å²) in [4.78, 5) is 23.2. The van der Waals surface area contributed by atoms with Crippen LogP contribution in [0.1, 0.15) is 86.5 Å². The second kappa shape index (κ2) is 4.92. The highest BCUT2D eigenvalue weighted by Gasteiger charge is 2.61. The fourth-order valence-corrected chi connectivity index (χ4v) is 6.11. The van der Waals surface area contributed by atoms with Gasteiger partial charge in [0.2, 0.25) is 0 Å². The van der Waals surface area contributed by atoms with Gasteiger partial charge < -0.3 is 0 Å². The lowest BCUT2D eigenvalue weighted by Crippen LogP contribution is -2.49. The van der Waals surface area contributed by atoms with Gasteiger partial charge in [0.25, 0.3) is 0 Å². The van der Waals surface area contributed by atoms with Crippen molar-refractivity contribution in [1.29, 1.82) is 0 Å². The zero-order valence-electron chi connectivity index (χ0n) is 15.9. The first-order valence-electron chi connectivity index (χ1n) is 9.49. The van der Waals surface area contributed by atoms with E-state index in [4.69, 9.17) is 0 Å². The standard InChI is InChI=1S/C11H18O.C10H16O/c1-10(2)7-11(3)5-4-8(10)6-9(11)12;1-9(2)7-4-5-10(9,3)8(11)6-7/h8H,4-7H2,1-3H3;7H,4-6H2,1-3H3. The van der Waals surface area contributed by atoms with Gasteiger partial charge in [0.05, 0.1) is 0 Å². The Hall–Kier alpha value is -0.660.